The van der Waals surface area contributed by atoms with Crippen LogP contribution in [0.25, 0.3) is 0 Å². The molecular formula is C15H21F2NO3. The van der Waals surface area contributed by atoms with Crippen molar-refractivity contribution in [2.45, 2.75) is 39.5 Å². The lowest BCUT2D eigenvalue weighted by atomic mass is 9.99. The number of esters is 1. The smallest absolute Gasteiger partial charge is 0.387 e. The van der Waals surface area contributed by atoms with Gasteiger partial charge in [-0.05, 0) is 23.6 Å². The Morgan fingerprint density at radius 2 is 1.90 bits per heavy atom. The van der Waals surface area contributed by atoms with E-state index in [2.05, 4.69) is 10.1 Å². The van der Waals surface area contributed by atoms with E-state index in [-0.39, 0.29) is 17.6 Å². The number of carbonyl (C=O) groups excluding carboxylic acids is 1. The van der Waals surface area contributed by atoms with Crippen molar-refractivity contribution in [3.63, 3.8) is 0 Å². The van der Waals surface area contributed by atoms with Gasteiger partial charge in [0.15, 0.2) is 0 Å². The molecule has 0 aliphatic rings. The number of benzene rings is 1. The number of hydrogen-bond donors (Lipinski definition) is 1. The molecule has 0 fully saturated rings. The number of hydrogen-bond acceptors (Lipinski definition) is 4. The number of alkyl halides is 2. The lowest BCUT2D eigenvalue weighted by Gasteiger charge is -2.22. The minimum absolute atomic E-state index is 0.111. The first-order chi connectivity index (χ1) is 9.97. The van der Waals surface area contributed by atoms with Crippen molar-refractivity contribution >= 4 is 5.97 Å². The van der Waals surface area contributed by atoms with Crippen LogP contribution in [0.1, 0.15) is 25.8 Å². The summed E-state index contributed by atoms with van der Waals surface area (Å²) in [5, 5.41) is 3.13. The van der Waals surface area contributed by atoms with Gasteiger partial charge in [0.1, 0.15) is 11.8 Å². The first-order valence-corrected chi connectivity index (χ1v) is 6.82. The quantitative estimate of drug-likeness (QED) is 0.750. The van der Waals surface area contributed by atoms with Gasteiger partial charge < -0.3 is 14.8 Å². The van der Waals surface area contributed by atoms with Crippen molar-refractivity contribution in [2.75, 3.05) is 7.11 Å². The highest BCUT2D eigenvalue weighted by molar-refractivity contribution is 5.75. The summed E-state index contributed by atoms with van der Waals surface area (Å²) in [6.45, 7) is 1.58. The molecule has 6 heteroatoms. The molecule has 1 aromatic carbocycles. The molecule has 0 spiro atoms. The summed E-state index contributed by atoms with van der Waals surface area (Å²) < 4.78 is 33.1. The molecule has 0 amide bonds. The number of halogens is 2. The SMILES string of the molecule is CCC(C)C(NCc1ccc(OC(F)F)cc1)C(=O)OC. The van der Waals surface area contributed by atoms with Crippen LogP contribution in [0.15, 0.2) is 24.3 Å². The summed E-state index contributed by atoms with van der Waals surface area (Å²) in [5.74, 6) is -0.0545. The van der Waals surface area contributed by atoms with E-state index in [9.17, 15) is 13.6 Å². The Kier molecular flexibility index (Phi) is 7.08. The van der Waals surface area contributed by atoms with E-state index >= 15 is 0 Å². The lowest BCUT2D eigenvalue weighted by molar-refractivity contribution is -0.144. The minimum Gasteiger partial charge on any atom is -0.468 e. The zero-order valence-electron chi connectivity index (χ0n) is 12.4. The summed E-state index contributed by atoms with van der Waals surface area (Å²) in [4.78, 5) is 11.7. The van der Waals surface area contributed by atoms with E-state index in [4.69, 9.17) is 4.74 Å². The van der Waals surface area contributed by atoms with Crippen LogP contribution in [-0.4, -0.2) is 25.7 Å². The summed E-state index contributed by atoms with van der Waals surface area (Å²) in [6, 6.07) is 5.90. The van der Waals surface area contributed by atoms with Crippen LogP contribution in [-0.2, 0) is 16.1 Å². The summed E-state index contributed by atoms with van der Waals surface area (Å²) in [7, 11) is 1.36. The number of ether oxygens (including phenoxy) is 2. The normalized spacial score (nSPS) is 13.8. The Labute approximate surface area is 123 Å². The fraction of sp³-hybridized carbons (Fsp3) is 0.533. The zero-order chi connectivity index (χ0) is 15.8. The molecule has 21 heavy (non-hydrogen) atoms. The average molecular weight is 301 g/mol. The molecule has 0 bridgehead atoms. The lowest BCUT2D eigenvalue weighted by Crippen LogP contribution is -2.42. The highest BCUT2D eigenvalue weighted by atomic mass is 19.3. The monoisotopic (exact) mass is 301 g/mol. The van der Waals surface area contributed by atoms with E-state index in [0.29, 0.717) is 6.54 Å². The van der Waals surface area contributed by atoms with Gasteiger partial charge in [0.25, 0.3) is 0 Å². The van der Waals surface area contributed by atoms with Crippen molar-refractivity contribution in [1.82, 2.24) is 5.32 Å². The Morgan fingerprint density at radius 1 is 1.29 bits per heavy atom. The Bertz CT molecular complexity index is 437. The van der Waals surface area contributed by atoms with Crippen molar-refractivity contribution in [3.8, 4) is 5.75 Å². The van der Waals surface area contributed by atoms with Crippen LogP contribution < -0.4 is 10.1 Å². The first kappa shape index (κ1) is 17.4. The number of nitrogens with one attached hydrogen (secondary N) is 1. The molecule has 1 N–H and O–H groups in total. The van der Waals surface area contributed by atoms with Crippen molar-refractivity contribution < 1.29 is 23.0 Å². The predicted octanol–water partition coefficient (Wildman–Crippen LogP) is 2.97. The Hall–Kier alpha value is -1.69. The molecule has 2 unspecified atom stereocenters. The van der Waals surface area contributed by atoms with Crippen LogP contribution in [0.3, 0.4) is 0 Å². The Morgan fingerprint density at radius 3 is 2.38 bits per heavy atom. The van der Waals surface area contributed by atoms with Gasteiger partial charge >= 0.3 is 12.6 Å². The number of carbonyl (C=O) groups is 1. The summed E-state index contributed by atoms with van der Waals surface area (Å²) >= 11 is 0. The maximum atomic E-state index is 12.0. The summed E-state index contributed by atoms with van der Waals surface area (Å²) in [5.41, 5.74) is 0.869. The highest BCUT2D eigenvalue weighted by Crippen LogP contribution is 2.16. The number of rotatable bonds is 8. The third-order valence-corrected chi connectivity index (χ3v) is 3.34. The minimum atomic E-state index is -2.83. The fourth-order valence-electron chi connectivity index (χ4n) is 1.90. The second-order valence-electron chi connectivity index (χ2n) is 4.79. The van der Waals surface area contributed by atoms with Gasteiger partial charge in [0, 0.05) is 6.54 Å². The van der Waals surface area contributed by atoms with Crippen LogP contribution >= 0.6 is 0 Å². The fourth-order valence-corrected chi connectivity index (χ4v) is 1.90. The Balaban J connectivity index is 2.61. The van der Waals surface area contributed by atoms with E-state index in [1.165, 1.54) is 19.2 Å². The molecule has 0 radical (unpaired) electrons. The molecule has 2 atom stereocenters. The first-order valence-electron chi connectivity index (χ1n) is 6.82. The molecule has 0 saturated carbocycles. The van der Waals surface area contributed by atoms with Gasteiger partial charge in [-0.25, -0.2) is 0 Å². The standard InChI is InChI=1S/C15H21F2NO3/c1-4-10(2)13(14(19)20-3)18-9-11-5-7-12(8-6-11)21-15(16)17/h5-8,10,13,15,18H,4,9H2,1-3H3. The summed E-state index contributed by atoms with van der Waals surface area (Å²) in [6.07, 6.45) is 0.841. The van der Waals surface area contributed by atoms with E-state index in [1.807, 2.05) is 13.8 Å². The zero-order valence-corrected chi connectivity index (χ0v) is 12.4. The predicted molar refractivity (Wildman–Crippen MR) is 75.2 cm³/mol. The molecule has 1 rings (SSSR count). The molecule has 0 aliphatic carbocycles. The average Bonchev–Trinajstić information content (AvgIpc) is 2.47. The van der Waals surface area contributed by atoms with Crippen LogP contribution in [0.4, 0.5) is 8.78 Å². The highest BCUT2D eigenvalue weighted by Gasteiger charge is 2.24. The van der Waals surface area contributed by atoms with E-state index in [0.717, 1.165) is 12.0 Å². The van der Waals surface area contributed by atoms with Crippen molar-refractivity contribution in [3.05, 3.63) is 29.8 Å². The van der Waals surface area contributed by atoms with E-state index in [1.54, 1.807) is 12.1 Å². The van der Waals surface area contributed by atoms with Gasteiger partial charge in [0.05, 0.1) is 7.11 Å². The van der Waals surface area contributed by atoms with Gasteiger partial charge in [-0.15, -0.1) is 0 Å². The van der Waals surface area contributed by atoms with Gasteiger partial charge in [-0.2, -0.15) is 8.78 Å². The largest absolute Gasteiger partial charge is 0.468 e. The molecule has 0 aromatic heterocycles. The molecule has 118 valence electrons. The maximum absolute atomic E-state index is 12.0. The topological polar surface area (TPSA) is 47.6 Å². The second-order valence-corrected chi connectivity index (χ2v) is 4.79. The van der Waals surface area contributed by atoms with E-state index < -0.39 is 12.7 Å². The molecule has 0 aliphatic heterocycles. The van der Waals surface area contributed by atoms with Crippen LogP contribution in [0.5, 0.6) is 5.75 Å². The number of methoxy groups -OCH3 is 1. The van der Waals surface area contributed by atoms with Crippen LogP contribution in [0, 0.1) is 5.92 Å². The second kappa shape index (κ2) is 8.56. The van der Waals surface area contributed by atoms with Crippen molar-refractivity contribution in [1.29, 1.82) is 0 Å². The molecule has 1 aromatic rings. The maximum Gasteiger partial charge on any atom is 0.387 e. The molecule has 0 saturated heterocycles. The third kappa shape index (κ3) is 5.67. The van der Waals surface area contributed by atoms with Gasteiger partial charge in [-0.1, -0.05) is 32.4 Å². The van der Waals surface area contributed by atoms with Crippen LogP contribution in [0.2, 0.25) is 0 Å². The third-order valence-electron chi connectivity index (χ3n) is 3.34. The molecule has 0 heterocycles. The molecule has 4 nitrogen and oxygen atoms in total. The molecular weight excluding hydrogens is 280 g/mol. The van der Waals surface area contributed by atoms with Gasteiger partial charge in [-0.3, -0.25) is 4.79 Å². The van der Waals surface area contributed by atoms with Crippen molar-refractivity contribution in [2.24, 2.45) is 5.92 Å². The van der Waals surface area contributed by atoms with Gasteiger partial charge in [0.2, 0.25) is 0 Å².